The van der Waals surface area contributed by atoms with Gasteiger partial charge in [0.15, 0.2) is 0 Å². The lowest BCUT2D eigenvalue weighted by Crippen LogP contribution is -2.15. The van der Waals surface area contributed by atoms with E-state index in [2.05, 4.69) is 23.4 Å². The molecule has 0 aliphatic rings. The van der Waals surface area contributed by atoms with Gasteiger partial charge in [-0.2, -0.15) is 0 Å². The molecule has 0 amide bonds. The molecule has 2 nitrogen and oxygen atoms in total. The molecular formula is C17H19NOS. The van der Waals surface area contributed by atoms with Crippen LogP contribution in [0, 0.1) is 0 Å². The molecule has 0 unspecified atom stereocenters. The van der Waals surface area contributed by atoms with Crippen molar-refractivity contribution in [3.8, 4) is 0 Å². The zero-order chi connectivity index (χ0) is 14.4. The zero-order valence-corrected chi connectivity index (χ0v) is 12.9. The summed E-state index contributed by atoms with van der Waals surface area (Å²) in [5, 5.41) is 4.08. The van der Waals surface area contributed by atoms with E-state index in [0.717, 1.165) is 5.56 Å². The van der Waals surface area contributed by atoms with Crippen LogP contribution in [0.5, 0.6) is 0 Å². The van der Waals surface area contributed by atoms with Crippen LogP contribution < -0.4 is 0 Å². The van der Waals surface area contributed by atoms with Crippen LogP contribution in [0.3, 0.4) is 0 Å². The summed E-state index contributed by atoms with van der Waals surface area (Å²) in [6, 6.07) is 18.5. The largest absolute Gasteiger partial charge is 0.390 e. The highest BCUT2D eigenvalue weighted by Crippen LogP contribution is 2.29. The minimum absolute atomic E-state index is 0.266. The zero-order valence-electron chi connectivity index (χ0n) is 12.0. The number of hydrogen-bond acceptors (Lipinski definition) is 3. The predicted molar refractivity (Wildman–Crippen MR) is 85.4 cm³/mol. The van der Waals surface area contributed by atoms with E-state index in [1.165, 1.54) is 9.79 Å². The van der Waals surface area contributed by atoms with Crippen LogP contribution >= 0.6 is 11.8 Å². The molecule has 0 aliphatic carbocycles. The van der Waals surface area contributed by atoms with Gasteiger partial charge in [-0.1, -0.05) is 53.3 Å². The Morgan fingerprint density at radius 2 is 1.60 bits per heavy atom. The summed E-state index contributed by atoms with van der Waals surface area (Å²) in [5.74, 6) is 0. The Morgan fingerprint density at radius 1 is 0.950 bits per heavy atom. The Hall–Kier alpha value is -1.74. The fourth-order valence-corrected chi connectivity index (χ4v) is 2.47. The lowest BCUT2D eigenvalue weighted by Gasteiger charge is -2.15. The van der Waals surface area contributed by atoms with Crippen LogP contribution in [0.2, 0.25) is 0 Å². The molecule has 0 aromatic heterocycles. The molecule has 0 atom stereocenters. The van der Waals surface area contributed by atoms with E-state index < -0.39 is 0 Å². The Kier molecular flexibility index (Phi) is 4.85. The molecule has 0 fully saturated rings. The van der Waals surface area contributed by atoms with Crippen molar-refractivity contribution in [3.05, 3.63) is 60.2 Å². The summed E-state index contributed by atoms with van der Waals surface area (Å²) in [6.45, 7) is 5.94. The van der Waals surface area contributed by atoms with Crippen molar-refractivity contribution < 1.29 is 4.84 Å². The maximum absolute atomic E-state index is 5.40. The fraction of sp³-hybridized carbons (Fsp3) is 0.235. The highest BCUT2D eigenvalue weighted by molar-refractivity contribution is 7.99. The van der Waals surface area contributed by atoms with Crippen molar-refractivity contribution >= 4 is 18.0 Å². The SMILES string of the molecule is CC(C)(C)O/N=C/c1ccccc1Sc1ccccc1. The lowest BCUT2D eigenvalue weighted by atomic mass is 10.2. The smallest absolute Gasteiger partial charge is 0.129 e. The molecule has 0 N–H and O–H groups in total. The summed E-state index contributed by atoms with van der Waals surface area (Å²) in [4.78, 5) is 7.78. The van der Waals surface area contributed by atoms with Gasteiger partial charge in [-0.3, -0.25) is 0 Å². The normalized spacial score (nSPS) is 11.8. The molecule has 3 heteroatoms. The minimum Gasteiger partial charge on any atom is -0.390 e. The van der Waals surface area contributed by atoms with Gasteiger partial charge in [-0.05, 0) is 39.0 Å². The van der Waals surface area contributed by atoms with Gasteiger partial charge >= 0.3 is 0 Å². The first-order chi connectivity index (χ1) is 9.54. The second-order valence-electron chi connectivity index (χ2n) is 5.39. The van der Waals surface area contributed by atoms with E-state index in [1.807, 2.05) is 57.2 Å². The van der Waals surface area contributed by atoms with E-state index in [-0.39, 0.29) is 5.60 Å². The molecule has 0 radical (unpaired) electrons. The summed E-state index contributed by atoms with van der Waals surface area (Å²) < 4.78 is 0. The quantitative estimate of drug-likeness (QED) is 0.583. The molecule has 20 heavy (non-hydrogen) atoms. The van der Waals surface area contributed by atoms with Crippen LogP contribution in [-0.4, -0.2) is 11.8 Å². The average molecular weight is 285 g/mol. The molecule has 2 aromatic rings. The number of benzene rings is 2. The van der Waals surface area contributed by atoms with E-state index in [1.54, 1.807) is 18.0 Å². The topological polar surface area (TPSA) is 21.6 Å². The third kappa shape index (κ3) is 4.74. The fourth-order valence-electron chi connectivity index (χ4n) is 1.54. The van der Waals surface area contributed by atoms with E-state index >= 15 is 0 Å². The van der Waals surface area contributed by atoms with Gasteiger partial charge < -0.3 is 4.84 Å². The summed E-state index contributed by atoms with van der Waals surface area (Å²) >= 11 is 1.73. The summed E-state index contributed by atoms with van der Waals surface area (Å²) in [6.07, 6.45) is 1.77. The first kappa shape index (κ1) is 14.7. The Morgan fingerprint density at radius 3 is 2.30 bits per heavy atom. The van der Waals surface area contributed by atoms with Gasteiger partial charge in [0.2, 0.25) is 0 Å². The van der Waals surface area contributed by atoms with E-state index in [4.69, 9.17) is 4.84 Å². The molecule has 0 saturated carbocycles. The summed E-state index contributed by atoms with van der Waals surface area (Å²) in [7, 11) is 0. The number of hydrogen-bond donors (Lipinski definition) is 0. The molecule has 0 heterocycles. The maximum atomic E-state index is 5.40. The van der Waals surface area contributed by atoms with Gasteiger partial charge in [0.1, 0.15) is 5.60 Å². The molecule has 2 aromatic carbocycles. The lowest BCUT2D eigenvalue weighted by molar-refractivity contribution is 0.00197. The highest BCUT2D eigenvalue weighted by atomic mass is 32.2. The molecule has 2 rings (SSSR count). The predicted octanol–water partition coefficient (Wildman–Crippen LogP) is 4.99. The Bertz CT molecular complexity index is 573. The Labute approximate surface area is 124 Å². The monoisotopic (exact) mass is 285 g/mol. The highest BCUT2D eigenvalue weighted by Gasteiger charge is 2.09. The molecular weight excluding hydrogens is 266 g/mol. The van der Waals surface area contributed by atoms with Crippen molar-refractivity contribution in [2.45, 2.75) is 36.2 Å². The molecule has 0 saturated heterocycles. The van der Waals surface area contributed by atoms with Crippen molar-refractivity contribution in [2.75, 3.05) is 0 Å². The molecule has 0 aliphatic heterocycles. The third-order valence-electron chi connectivity index (χ3n) is 2.41. The van der Waals surface area contributed by atoms with Crippen LogP contribution in [0.1, 0.15) is 26.3 Å². The average Bonchev–Trinajstić information content (AvgIpc) is 2.40. The standard InChI is InChI=1S/C17H19NOS/c1-17(2,3)19-18-13-14-9-7-8-12-16(14)20-15-10-5-4-6-11-15/h4-13H,1-3H3/b18-13+. The van der Waals surface area contributed by atoms with Crippen molar-refractivity contribution in [1.82, 2.24) is 0 Å². The first-order valence-electron chi connectivity index (χ1n) is 6.58. The van der Waals surface area contributed by atoms with Gasteiger partial charge in [0.25, 0.3) is 0 Å². The molecule has 104 valence electrons. The minimum atomic E-state index is -0.266. The second-order valence-corrected chi connectivity index (χ2v) is 6.51. The first-order valence-corrected chi connectivity index (χ1v) is 7.40. The number of nitrogens with zero attached hydrogens (tertiary/aromatic N) is 1. The van der Waals surface area contributed by atoms with Crippen LogP contribution in [0.15, 0.2) is 69.5 Å². The maximum Gasteiger partial charge on any atom is 0.129 e. The van der Waals surface area contributed by atoms with Crippen molar-refractivity contribution in [1.29, 1.82) is 0 Å². The summed E-state index contributed by atoms with van der Waals surface area (Å²) in [5.41, 5.74) is 0.795. The van der Waals surface area contributed by atoms with Crippen LogP contribution in [-0.2, 0) is 4.84 Å². The Balaban J connectivity index is 2.14. The molecule has 0 spiro atoms. The third-order valence-corrected chi connectivity index (χ3v) is 3.51. The van der Waals surface area contributed by atoms with Crippen LogP contribution in [0.4, 0.5) is 0 Å². The van der Waals surface area contributed by atoms with E-state index in [0.29, 0.717) is 0 Å². The van der Waals surface area contributed by atoms with Gasteiger partial charge in [0.05, 0.1) is 6.21 Å². The number of oxime groups is 1. The number of rotatable bonds is 4. The van der Waals surface area contributed by atoms with Gasteiger partial charge in [-0.15, -0.1) is 0 Å². The van der Waals surface area contributed by atoms with Crippen molar-refractivity contribution in [2.24, 2.45) is 5.16 Å². The van der Waals surface area contributed by atoms with Gasteiger partial charge in [0, 0.05) is 15.4 Å². The van der Waals surface area contributed by atoms with E-state index in [9.17, 15) is 0 Å². The van der Waals surface area contributed by atoms with Gasteiger partial charge in [-0.25, -0.2) is 0 Å². The molecule has 0 bridgehead atoms. The second kappa shape index (κ2) is 6.62. The van der Waals surface area contributed by atoms with Crippen LogP contribution in [0.25, 0.3) is 0 Å². The van der Waals surface area contributed by atoms with Crippen molar-refractivity contribution in [3.63, 3.8) is 0 Å².